The molecule has 1 heterocycles. The summed E-state index contributed by atoms with van der Waals surface area (Å²) in [7, 11) is 0. The predicted octanol–water partition coefficient (Wildman–Crippen LogP) is 6.59. The number of hydrogen-bond donors (Lipinski definition) is 0. The molecule has 2 aromatic rings. The molecule has 126 valence electrons. The van der Waals surface area contributed by atoms with E-state index in [2.05, 4.69) is 74.7 Å². The van der Waals surface area contributed by atoms with Gasteiger partial charge in [0.2, 0.25) is 0 Å². The van der Waals surface area contributed by atoms with Gasteiger partial charge in [-0.3, -0.25) is 0 Å². The van der Waals surface area contributed by atoms with E-state index in [-0.39, 0.29) is 5.41 Å². The number of rotatable bonds is 6. The van der Waals surface area contributed by atoms with Crippen LogP contribution in [0.1, 0.15) is 52.0 Å². The first-order valence-corrected chi connectivity index (χ1v) is 9.24. The topological polar surface area (TPSA) is 3.24 Å². The lowest BCUT2D eigenvalue weighted by atomic mass is 9.81. The van der Waals surface area contributed by atoms with E-state index in [0.717, 1.165) is 6.54 Å². The number of nitrogens with zero attached hydrogens (tertiary/aromatic N) is 1. The van der Waals surface area contributed by atoms with Crippen molar-refractivity contribution in [2.45, 2.75) is 51.9 Å². The minimum atomic E-state index is 0.00907. The van der Waals surface area contributed by atoms with E-state index in [1.165, 1.54) is 53.4 Å². The number of unbranched alkanes of at least 4 members (excludes halogenated alkanes) is 3. The molecular weight excluding hydrogens is 290 g/mol. The molecule has 0 spiro atoms. The van der Waals surface area contributed by atoms with Gasteiger partial charge in [-0.05, 0) is 34.9 Å². The Kier molecular flexibility index (Phi) is 4.80. The molecule has 1 aliphatic heterocycles. The quantitative estimate of drug-likeness (QED) is 0.543. The van der Waals surface area contributed by atoms with Gasteiger partial charge in [0.05, 0.1) is 0 Å². The maximum Gasteiger partial charge on any atom is 0.0457 e. The Morgan fingerprint density at radius 1 is 1.04 bits per heavy atom. The first-order valence-electron chi connectivity index (χ1n) is 9.24. The van der Waals surface area contributed by atoms with Crippen molar-refractivity contribution in [3.05, 3.63) is 66.4 Å². The molecule has 24 heavy (non-hydrogen) atoms. The number of anilines is 1. The Morgan fingerprint density at radius 2 is 1.83 bits per heavy atom. The molecule has 0 amide bonds. The average molecular weight is 319 g/mol. The fourth-order valence-electron chi connectivity index (χ4n) is 4.08. The van der Waals surface area contributed by atoms with Gasteiger partial charge < -0.3 is 4.90 Å². The average Bonchev–Trinajstić information content (AvgIpc) is 2.80. The largest absolute Gasteiger partial charge is 0.344 e. The van der Waals surface area contributed by atoms with Gasteiger partial charge in [-0.1, -0.05) is 83.0 Å². The summed E-state index contributed by atoms with van der Waals surface area (Å²) in [4.78, 5) is 2.53. The molecule has 0 atom stereocenters. The number of benzene rings is 2. The molecule has 0 bridgehead atoms. The SMILES string of the molecule is C=C/C=C1/N(CCCCCC)c2ccc3ccccc3c2C1(C)C. The summed E-state index contributed by atoms with van der Waals surface area (Å²) >= 11 is 0. The van der Waals surface area contributed by atoms with Crippen LogP contribution in [-0.2, 0) is 5.41 Å². The lowest BCUT2D eigenvalue weighted by Gasteiger charge is -2.27. The minimum Gasteiger partial charge on any atom is -0.344 e. The van der Waals surface area contributed by atoms with Crippen molar-refractivity contribution in [1.29, 1.82) is 0 Å². The first-order chi connectivity index (χ1) is 11.6. The van der Waals surface area contributed by atoms with E-state index in [4.69, 9.17) is 0 Å². The van der Waals surface area contributed by atoms with E-state index < -0.39 is 0 Å². The highest BCUT2D eigenvalue weighted by Crippen LogP contribution is 2.50. The van der Waals surface area contributed by atoms with Crippen LogP contribution in [0.3, 0.4) is 0 Å². The van der Waals surface area contributed by atoms with Crippen molar-refractivity contribution < 1.29 is 0 Å². The Bertz CT molecular complexity index is 767. The lowest BCUT2D eigenvalue weighted by molar-refractivity contribution is 0.614. The predicted molar refractivity (Wildman–Crippen MR) is 107 cm³/mol. The molecule has 0 aliphatic carbocycles. The summed E-state index contributed by atoms with van der Waals surface area (Å²) in [6, 6.07) is 13.3. The normalized spacial score (nSPS) is 17.5. The van der Waals surface area contributed by atoms with Gasteiger partial charge in [0.25, 0.3) is 0 Å². The fourth-order valence-corrected chi connectivity index (χ4v) is 4.08. The first kappa shape index (κ1) is 16.8. The maximum absolute atomic E-state index is 3.96. The molecule has 3 rings (SSSR count). The molecule has 0 unspecified atom stereocenters. The van der Waals surface area contributed by atoms with Gasteiger partial charge in [0.15, 0.2) is 0 Å². The number of hydrogen-bond acceptors (Lipinski definition) is 1. The van der Waals surface area contributed by atoms with E-state index in [9.17, 15) is 0 Å². The molecule has 0 radical (unpaired) electrons. The van der Waals surface area contributed by atoms with Crippen LogP contribution >= 0.6 is 0 Å². The molecule has 2 aromatic carbocycles. The van der Waals surface area contributed by atoms with Crippen LogP contribution in [0.2, 0.25) is 0 Å². The monoisotopic (exact) mass is 319 g/mol. The van der Waals surface area contributed by atoms with Gasteiger partial charge >= 0.3 is 0 Å². The van der Waals surface area contributed by atoms with E-state index in [0.29, 0.717) is 0 Å². The van der Waals surface area contributed by atoms with Crippen LogP contribution in [0.15, 0.2) is 60.8 Å². The third kappa shape index (κ3) is 2.77. The molecule has 0 fully saturated rings. The lowest BCUT2D eigenvalue weighted by Crippen LogP contribution is -2.27. The molecule has 0 N–H and O–H groups in total. The van der Waals surface area contributed by atoms with Crippen molar-refractivity contribution in [3.63, 3.8) is 0 Å². The van der Waals surface area contributed by atoms with Crippen LogP contribution in [0.4, 0.5) is 5.69 Å². The van der Waals surface area contributed by atoms with E-state index >= 15 is 0 Å². The second kappa shape index (κ2) is 6.84. The Morgan fingerprint density at radius 3 is 2.58 bits per heavy atom. The van der Waals surface area contributed by atoms with Gasteiger partial charge in [-0.2, -0.15) is 0 Å². The smallest absolute Gasteiger partial charge is 0.0457 e. The van der Waals surface area contributed by atoms with Crippen LogP contribution < -0.4 is 4.90 Å². The van der Waals surface area contributed by atoms with Crippen molar-refractivity contribution in [1.82, 2.24) is 0 Å². The van der Waals surface area contributed by atoms with Gasteiger partial charge in [-0.15, -0.1) is 0 Å². The molecule has 0 saturated carbocycles. The standard InChI is InChI=1S/C23H29N/c1-5-7-8-11-17-24-20-16-15-18-13-9-10-14-19(18)22(20)23(3,4)21(24)12-6-2/h6,9-10,12-16H,2,5,7-8,11,17H2,1,3-4H3/b21-12+. The van der Waals surface area contributed by atoms with Crippen LogP contribution in [0.25, 0.3) is 10.8 Å². The fraction of sp³-hybridized carbons (Fsp3) is 0.391. The summed E-state index contributed by atoms with van der Waals surface area (Å²) in [5.74, 6) is 0. The summed E-state index contributed by atoms with van der Waals surface area (Å²) in [5, 5.41) is 2.71. The summed E-state index contributed by atoms with van der Waals surface area (Å²) in [5.41, 5.74) is 4.22. The molecule has 1 heteroatoms. The highest BCUT2D eigenvalue weighted by atomic mass is 15.2. The molecule has 0 saturated heterocycles. The summed E-state index contributed by atoms with van der Waals surface area (Å²) in [6.07, 6.45) is 9.28. The highest BCUT2D eigenvalue weighted by molar-refractivity contribution is 5.94. The van der Waals surface area contributed by atoms with Gasteiger partial charge in [0, 0.05) is 23.3 Å². The zero-order valence-corrected chi connectivity index (χ0v) is 15.3. The Labute approximate surface area is 146 Å². The van der Waals surface area contributed by atoms with E-state index in [1.54, 1.807) is 0 Å². The maximum atomic E-state index is 3.96. The zero-order chi connectivity index (χ0) is 17.2. The summed E-state index contributed by atoms with van der Waals surface area (Å²) in [6.45, 7) is 12.0. The van der Waals surface area contributed by atoms with Crippen LogP contribution in [-0.4, -0.2) is 6.54 Å². The van der Waals surface area contributed by atoms with Crippen molar-refractivity contribution >= 4 is 16.5 Å². The third-order valence-electron chi connectivity index (χ3n) is 5.26. The van der Waals surface area contributed by atoms with E-state index in [1.807, 2.05) is 6.08 Å². The molecule has 1 nitrogen and oxygen atoms in total. The minimum absolute atomic E-state index is 0.00907. The van der Waals surface area contributed by atoms with Crippen LogP contribution in [0.5, 0.6) is 0 Å². The van der Waals surface area contributed by atoms with Gasteiger partial charge in [-0.25, -0.2) is 0 Å². The Balaban J connectivity index is 2.09. The Hall–Kier alpha value is -2.02. The van der Waals surface area contributed by atoms with Crippen molar-refractivity contribution in [2.75, 3.05) is 11.4 Å². The third-order valence-corrected chi connectivity index (χ3v) is 5.26. The van der Waals surface area contributed by atoms with Crippen molar-refractivity contribution in [2.24, 2.45) is 0 Å². The molecule has 0 aromatic heterocycles. The number of fused-ring (bicyclic) bond motifs is 3. The van der Waals surface area contributed by atoms with Crippen LogP contribution in [0, 0.1) is 0 Å². The second-order valence-electron chi connectivity index (χ2n) is 7.31. The second-order valence-corrected chi connectivity index (χ2v) is 7.31. The molecule has 1 aliphatic rings. The number of allylic oxidation sites excluding steroid dienone is 3. The zero-order valence-electron chi connectivity index (χ0n) is 15.3. The van der Waals surface area contributed by atoms with Crippen molar-refractivity contribution in [3.8, 4) is 0 Å². The highest BCUT2D eigenvalue weighted by Gasteiger charge is 2.40. The molecular formula is C23H29N. The summed E-state index contributed by atoms with van der Waals surface area (Å²) < 4.78 is 0. The van der Waals surface area contributed by atoms with Gasteiger partial charge in [0.1, 0.15) is 0 Å².